The van der Waals surface area contributed by atoms with Gasteiger partial charge < -0.3 is 21.5 Å². The summed E-state index contributed by atoms with van der Waals surface area (Å²) >= 11 is 0. The van der Waals surface area contributed by atoms with Crippen LogP contribution in [-0.4, -0.2) is 38.3 Å². The summed E-state index contributed by atoms with van der Waals surface area (Å²) in [4.78, 5) is 10.8. The Kier molecular flexibility index (Phi) is 7.87. The second-order valence-corrected chi connectivity index (χ2v) is 4.98. The third kappa shape index (κ3) is 7.23. The Morgan fingerprint density at radius 2 is 1.85 bits per heavy atom. The quantitative estimate of drug-likeness (QED) is 0.698. The zero-order valence-electron chi connectivity index (χ0n) is 12.0. The average Bonchev–Trinajstić information content (AvgIpc) is 2.46. The van der Waals surface area contributed by atoms with Crippen molar-refractivity contribution in [1.82, 2.24) is 5.32 Å². The fourth-order valence-corrected chi connectivity index (χ4v) is 2.00. The molecule has 1 aromatic carbocycles. The topological polar surface area (TPSA) is 90.4 Å². The Morgan fingerprint density at radius 1 is 1.25 bits per heavy atom. The normalized spacial score (nSPS) is 21.6. The second kappa shape index (κ2) is 9.47. The number of esters is 1. The maximum atomic E-state index is 10.8. The summed E-state index contributed by atoms with van der Waals surface area (Å²) in [5.41, 5.74) is 12.3. The molecule has 5 N–H and O–H groups in total. The first-order valence-electron chi connectivity index (χ1n) is 6.94. The van der Waals surface area contributed by atoms with Gasteiger partial charge in [-0.25, -0.2) is 0 Å². The van der Waals surface area contributed by atoms with Gasteiger partial charge in [-0.1, -0.05) is 30.3 Å². The van der Waals surface area contributed by atoms with E-state index in [2.05, 4.69) is 10.1 Å². The van der Waals surface area contributed by atoms with Crippen LogP contribution in [0.2, 0.25) is 0 Å². The lowest BCUT2D eigenvalue weighted by Gasteiger charge is -2.24. The summed E-state index contributed by atoms with van der Waals surface area (Å²) in [7, 11) is 1.41. The first-order chi connectivity index (χ1) is 9.61. The molecule has 0 radical (unpaired) electrons. The van der Waals surface area contributed by atoms with Crippen molar-refractivity contribution in [3.8, 4) is 0 Å². The van der Waals surface area contributed by atoms with Gasteiger partial charge in [0.15, 0.2) is 0 Å². The number of benzene rings is 1. The van der Waals surface area contributed by atoms with E-state index in [0.29, 0.717) is 6.42 Å². The number of piperidine rings is 1. The molecule has 1 saturated heterocycles. The first-order valence-corrected chi connectivity index (χ1v) is 6.94. The van der Waals surface area contributed by atoms with Crippen LogP contribution >= 0.6 is 0 Å². The molecule has 0 saturated carbocycles. The predicted octanol–water partition coefficient (Wildman–Crippen LogP) is 0.427. The second-order valence-electron chi connectivity index (χ2n) is 4.98. The maximum absolute atomic E-state index is 10.8. The smallest absolute Gasteiger partial charge is 0.305 e. The van der Waals surface area contributed by atoms with Crippen LogP contribution < -0.4 is 16.8 Å². The Hall–Kier alpha value is -1.43. The van der Waals surface area contributed by atoms with Gasteiger partial charge in [0, 0.05) is 31.6 Å². The molecule has 2 unspecified atom stereocenters. The van der Waals surface area contributed by atoms with Crippen molar-refractivity contribution < 1.29 is 9.53 Å². The van der Waals surface area contributed by atoms with Gasteiger partial charge in [-0.3, -0.25) is 4.79 Å². The lowest BCUT2D eigenvalue weighted by Crippen LogP contribution is -2.49. The van der Waals surface area contributed by atoms with Crippen molar-refractivity contribution in [2.75, 3.05) is 20.2 Å². The van der Waals surface area contributed by atoms with E-state index in [9.17, 15) is 4.79 Å². The highest BCUT2D eigenvalue weighted by Crippen LogP contribution is 2.02. The van der Waals surface area contributed by atoms with Gasteiger partial charge in [0.05, 0.1) is 7.11 Å². The van der Waals surface area contributed by atoms with Crippen LogP contribution in [0, 0.1) is 0 Å². The average molecular weight is 279 g/mol. The predicted molar refractivity (Wildman–Crippen MR) is 80.2 cm³/mol. The molecule has 1 heterocycles. The zero-order valence-corrected chi connectivity index (χ0v) is 12.0. The number of ether oxygens (including phenoxy) is 1. The fourth-order valence-electron chi connectivity index (χ4n) is 2.00. The number of hydrogen-bond donors (Lipinski definition) is 3. The molecule has 1 aliphatic rings. The van der Waals surface area contributed by atoms with Crippen molar-refractivity contribution in [2.24, 2.45) is 11.5 Å². The van der Waals surface area contributed by atoms with Crippen LogP contribution in [0.1, 0.15) is 18.4 Å². The molecular formula is C15H25N3O2. The Morgan fingerprint density at radius 3 is 2.30 bits per heavy atom. The number of aryl methyl sites for hydroxylation is 1. The van der Waals surface area contributed by atoms with Crippen LogP contribution in [0.3, 0.4) is 0 Å². The number of rotatable bonds is 3. The largest absolute Gasteiger partial charge is 0.469 e. The highest BCUT2D eigenvalue weighted by molar-refractivity contribution is 5.69. The molecule has 0 aromatic heterocycles. The first kappa shape index (κ1) is 16.6. The zero-order chi connectivity index (χ0) is 14.8. The molecule has 1 aliphatic heterocycles. The van der Waals surface area contributed by atoms with Gasteiger partial charge in [0.25, 0.3) is 0 Å². The van der Waals surface area contributed by atoms with E-state index in [1.807, 2.05) is 30.3 Å². The fraction of sp³-hybridized carbons (Fsp3) is 0.533. The highest BCUT2D eigenvalue weighted by atomic mass is 16.5. The summed E-state index contributed by atoms with van der Waals surface area (Å²) in [6.45, 7) is 1.85. The Balaban J connectivity index is 0.000000217. The molecule has 0 amide bonds. The summed E-state index contributed by atoms with van der Waals surface area (Å²) in [5, 5.41) is 3.13. The lowest BCUT2D eigenvalue weighted by molar-refractivity contribution is -0.140. The molecule has 0 bridgehead atoms. The van der Waals surface area contributed by atoms with Gasteiger partial charge in [-0.2, -0.15) is 0 Å². The third-order valence-electron chi connectivity index (χ3n) is 3.11. The molecule has 2 rings (SSSR count). The molecule has 0 spiro atoms. The molecule has 0 aliphatic carbocycles. The van der Waals surface area contributed by atoms with E-state index in [-0.39, 0.29) is 18.1 Å². The number of nitrogens with two attached hydrogens (primary N) is 2. The molecule has 2 atom stereocenters. The van der Waals surface area contributed by atoms with Crippen LogP contribution in [0.4, 0.5) is 0 Å². The third-order valence-corrected chi connectivity index (χ3v) is 3.11. The minimum atomic E-state index is -0.154. The van der Waals surface area contributed by atoms with Crippen molar-refractivity contribution in [1.29, 1.82) is 0 Å². The van der Waals surface area contributed by atoms with Crippen molar-refractivity contribution >= 4 is 5.97 Å². The summed E-state index contributed by atoms with van der Waals surface area (Å²) in [6, 6.07) is 10.4. The molecule has 5 heteroatoms. The summed E-state index contributed by atoms with van der Waals surface area (Å²) in [5.74, 6) is -0.154. The van der Waals surface area contributed by atoms with Gasteiger partial charge >= 0.3 is 5.97 Å². The van der Waals surface area contributed by atoms with Gasteiger partial charge in [0.2, 0.25) is 0 Å². The van der Waals surface area contributed by atoms with E-state index in [4.69, 9.17) is 11.5 Å². The molecule has 112 valence electrons. The highest BCUT2D eigenvalue weighted by Gasteiger charge is 2.13. The van der Waals surface area contributed by atoms with Crippen molar-refractivity contribution in [2.45, 2.75) is 31.3 Å². The molecular weight excluding hydrogens is 254 g/mol. The summed E-state index contributed by atoms with van der Waals surface area (Å²) < 4.78 is 4.53. The van der Waals surface area contributed by atoms with E-state index in [1.165, 1.54) is 12.7 Å². The van der Waals surface area contributed by atoms with Crippen LogP contribution in [0.25, 0.3) is 0 Å². The molecule has 1 aromatic rings. The molecule has 20 heavy (non-hydrogen) atoms. The number of carbonyl (C=O) groups excluding carboxylic acids is 1. The summed E-state index contributed by atoms with van der Waals surface area (Å²) in [6.07, 6.45) is 2.18. The Labute approximate surface area is 120 Å². The number of nitrogens with one attached hydrogen (secondary N) is 1. The van der Waals surface area contributed by atoms with Crippen LogP contribution in [0.5, 0.6) is 0 Å². The van der Waals surface area contributed by atoms with Crippen molar-refractivity contribution in [3.05, 3.63) is 35.9 Å². The van der Waals surface area contributed by atoms with E-state index in [1.54, 1.807) is 0 Å². The Bertz CT molecular complexity index is 376. The lowest BCUT2D eigenvalue weighted by atomic mass is 10.1. The van der Waals surface area contributed by atoms with Gasteiger partial charge in [0.1, 0.15) is 0 Å². The van der Waals surface area contributed by atoms with Crippen LogP contribution in [0.15, 0.2) is 30.3 Å². The standard InChI is InChI=1S/C10H12O2.C5H13N3/c1-12-10(11)8-7-9-5-3-2-4-6-9;6-4-1-5(7)3-8-2-4/h2-6H,7-8H2,1H3;4-5,8H,1-3,6-7H2. The number of carbonyl (C=O) groups is 1. The van der Waals surface area contributed by atoms with E-state index < -0.39 is 0 Å². The minimum Gasteiger partial charge on any atom is -0.469 e. The van der Waals surface area contributed by atoms with Crippen LogP contribution in [-0.2, 0) is 16.0 Å². The monoisotopic (exact) mass is 279 g/mol. The SMILES string of the molecule is COC(=O)CCc1ccccc1.NC1CNCC(N)C1. The number of hydrogen-bond acceptors (Lipinski definition) is 5. The minimum absolute atomic E-state index is 0.154. The van der Waals surface area contributed by atoms with Crippen molar-refractivity contribution in [3.63, 3.8) is 0 Å². The van der Waals surface area contributed by atoms with E-state index in [0.717, 1.165) is 25.9 Å². The molecule has 1 fully saturated rings. The number of methoxy groups -OCH3 is 1. The van der Waals surface area contributed by atoms with Gasteiger partial charge in [-0.05, 0) is 18.4 Å². The van der Waals surface area contributed by atoms with E-state index >= 15 is 0 Å². The molecule has 5 nitrogen and oxygen atoms in total. The van der Waals surface area contributed by atoms with Gasteiger partial charge in [-0.15, -0.1) is 0 Å². The maximum Gasteiger partial charge on any atom is 0.305 e.